The van der Waals surface area contributed by atoms with Crippen molar-refractivity contribution >= 4 is 11.8 Å². The number of imidazole rings is 1. The van der Waals surface area contributed by atoms with Crippen LogP contribution in [0.15, 0.2) is 23.4 Å². The van der Waals surface area contributed by atoms with E-state index in [9.17, 15) is 14.4 Å². The Morgan fingerprint density at radius 3 is 2.97 bits per heavy atom. The molecule has 8 heteroatoms. The Balaban J connectivity index is 1.31. The van der Waals surface area contributed by atoms with Crippen LogP contribution in [-0.4, -0.2) is 55.3 Å². The van der Waals surface area contributed by atoms with Crippen molar-refractivity contribution in [3.05, 3.63) is 51.5 Å². The van der Waals surface area contributed by atoms with Crippen molar-refractivity contribution in [2.24, 2.45) is 5.92 Å². The van der Waals surface area contributed by atoms with Crippen LogP contribution >= 0.6 is 0 Å². The topological polar surface area (TPSA) is 91.3 Å². The smallest absolute Gasteiger partial charge is 0.261 e. The van der Waals surface area contributed by atoms with Crippen molar-refractivity contribution in [2.75, 3.05) is 13.1 Å². The molecule has 2 aromatic rings. The summed E-state index contributed by atoms with van der Waals surface area (Å²) in [5.74, 6) is 1.52. The zero-order valence-electron chi connectivity index (χ0n) is 18.7. The van der Waals surface area contributed by atoms with Gasteiger partial charge in [-0.15, -0.1) is 0 Å². The molecule has 170 valence electrons. The van der Waals surface area contributed by atoms with Crippen LogP contribution in [0.25, 0.3) is 0 Å². The normalized spacial score (nSPS) is 22.2. The number of hydrogen-bond acceptors (Lipinski definition) is 4. The average molecular weight is 438 g/mol. The number of aromatic nitrogens is 3. The highest BCUT2D eigenvalue weighted by Gasteiger charge is 2.40. The molecule has 1 saturated heterocycles. The fourth-order valence-corrected chi connectivity index (χ4v) is 5.77. The molecule has 5 rings (SSSR count). The Morgan fingerprint density at radius 2 is 2.16 bits per heavy atom. The van der Waals surface area contributed by atoms with Crippen molar-refractivity contribution in [3.63, 3.8) is 0 Å². The van der Waals surface area contributed by atoms with Crippen molar-refractivity contribution in [1.82, 2.24) is 24.3 Å². The van der Waals surface area contributed by atoms with Gasteiger partial charge in [-0.05, 0) is 42.7 Å². The van der Waals surface area contributed by atoms with Gasteiger partial charge in [0.05, 0.1) is 0 Å². The first-order valence-corrected chi connectivity index (χ1v) is 11.9. The van der Waals surface area contributed by atoms with Crippen LogP contribution in [0.2, 0.25) is 0 Å². The van der Waals surface area contributed by atoms with Crippen LogP contribution in [0, 0.1) is 5.92 Å². The number of nitrogens with one attached hydrogen (secondary N) is 1. The second-order valence-corrected chi connectivity index (χ2v) is 9.35. The van der Waals surface area contributed by atoms with Crippen molar-refractivity contribution in [3.8, 4) is 0 Å². The predicted octanol–water partition coefficient (Wildman–Crippen LogP) is 2.12. The predicted molar refractivity (Wildman–Crippen MR) is 119 cm³/mol. The Morgan fingerprint density at radius 1 is 1.28 bits per heavy atom. The fraction of sp³-hybridized carbons (Fsp3) is 0.583. The molecule has 2 aliphatic heterocycles. The Hall–Kier alpha value is -2.90. The summed E-state index contributed by atoms with van der Waals surface area (Å²) < 4.78 is 2.02. The summed E-state index contributed by atoms with van der Waals surface area (Å²) in [6.07, 6.45) is 11.6. The molecule has 3 aliphatic rings. The number of amides is 2. The maximum absolute atomic E-state index is 13.4. The highest BCUT2D eigenvalue weighted by molar-refractivity contribution is 5.96. The van der Waals surface area contributed by atoms with E-state index < -0.39 is 0 Å². The van der Waals surface area contributed by atoms with E-state index in [4.69, 9.17) is 0 Å². The third kappa shape index (κ3) is 3.76. The summed E-state index contributed by atoms with van der Waals surface area (Å²) in [6, 6.07) is 0.273. The Kier molecular flexibility index (Phi) is 5.61. The van der Waals surface area contributed by atoms with Crippen molar-refractivity contribution in [2.45, 2.75) is 71.0 Å². The largest absolute Gasteiger partial charge is 0.338 e. The number of nitrogens with zero attached hydrogens (tertiary/aromatic N) is 4. The van der Waals surface area contributed by atoms with Crippen LogP contribution in [0.4, 0.5) is 0 Å². The van der Waals surface area contributed by atoms with Gasteiger partial charge in [0.25, 0.3) is 11.5 Å². The maximum atomic E-state index is 13.4. The molecular formula is C24H31N5O3. The van der Waals surface area contributed by atoms with Crippen LogP contribution in [0.1, 0.15) is 66.3 Å². The van der Waals surface area contributed by atoms with Gasteiger partial charge in [0.1, 0.15) is 11.4 Å². The van der Waals surface area contributed by atoms with Gasteiger partial charge in [0.15, 0.2) is 0 Å². The number of pyridine rings is 1. The van der Waals surface area contributed by atoms with Gasteiger partial charge in [0.2, 0.25) is 5.91 Å². The summed E-state index contributed by atoms with van der Waals surface area (Å²) in [5, 5.41) is 0. The first kappa shape index (κ1) is 21.0. The second kappa shape index (κ2) is 8.56. The lowest BCUT2D eigenvalue weighted by Crippen LogP contribution is -2.42. The van der Waals surface area contributed by atoms with Crippen LogP contribution in [-0.2, 0) is 30.7 Å². The summed E-state index contributed by atoms with van der Waals surface area (Å²) in [5.41, 5.74) is 1.70. The van der Waals surface area contributed by atoms with Gasteiger partial charge in [-0.3, -0.25) is 14.4 Å². The molecule has 2 atom stereocenters. The lowest BCUT2D eigenvalue weighted by molar-refractivity contribution is -0.132. The molecule has 32 heavy (non-hydrogen) atoms. The van der Waals surface area contributed by atoms with Gasteiger partial charge in [0, 0.05) is 63.7 Å². The Labute approximate surface area is 187 Å². The van der Waals surface area contributed by atoms with E-state index in [-0.39, 0.29) is 23.4 Å². The van der Waals surface area contributed by atoms with Crippen LogP contribution in [0.3, 0.4) is 0 Å². The van der Waals surface area contributed by atoms with Gasteiger partial charge in [-0.1, -0.05) is 13.3 Å². The van der Waals surface area contributed by atoms with E-state index in [0.29, 0.717) is 44.0 Å². The molecule has 0 aromatic carbocycles. The first-order chi connectivity index (χ1) is 15.5. The van der Waals surface area contributed by atoms with Crippen molar-refractivity contribution in [1.29, 1.82) is 0 Å². The Bertz CT molecular complexity index is 1090. The van der Waals surface area contributed by atoms with Gasteiger partial charge in [-0.2, -0.15) is 0 Å². The van der Waals surface area contributed by atoms with Gasteiger partial charge in [-0.25, -0.2) is 4.98 Å². The second-order valence-electron chi connectivity index (χ2n) is 9.35. The third-order valence-electron chi connectivity index (χ3n) is 7.45. The molecule has 1 saturated carbocycles. The number of carbonyl (C=O) groups excluding carboxylic acids is 2. The summed E-state index contributed by atoms with van der Waals surface area (Å²) in [4.78, 5) is 49.8. The molecule has 0 spiro atoms. The minimum absolute atomic E-state index is 0.0822. The molecule has 2 fully saturated rings. The van der Waals surface area contributed by atoms with E-state index in [2.05, 4.69) is 16.9 Å². The standard InChI is InChI=1S/C24H31N5O3/c1-2-20-25-8-11-27(20)10-7-21(30)28-9-6-19-17(15-28)13-26-23(31)22(19)24(32)29-14-16-4-3-5-18(29)12-16/h8,11,13,16,18H,2-7,9-10,12,14-15H2,1H3,(H,26,31)/t16-,18+/m1/s1. The van der Waals surface area contributed by atoms with E-state index in [1.807, 2.05) is 20.6 Å². The van der Waals surface area contributed by atoms with Gasteiger partial charge >= 0.3 is 0 Å². The molecule has 1 N–H and O–H groups in total. The molecule has 2 bridgehead atoms. The molecule has 8 nitrogen and oxygen atoms in total. The number of hydrogen-bond donors (Lipinski definition) is 1. The first-order valence-electron chi connectivity index (χ1n) is 11.9. The number of rotatable bonds is 5. The minimum atomic E-state index is -0.304. The highest BCUT2D eigenvalue weighted by atomic mass is 16.2. The summed E-state index contributed by atoms with van der Waals surface area (Å²) >= 11 is 0. The van der Waals surface area contributed by atoms with Crippen molar-refractivity contribution < 1.29 is 9.59 Å². The maximum Gasteiger partial charge on any atom is 0.261 e. The summed E-state index contributed by atoms with van der Waals surface area (Å²) in [7, 11) is 0. The highest BCUT2D eigenvalue weighted by Crippen LogP contribution is 2.36. The fourth-order valence-electron chi connectivity index (χ4n) is 5.77. The molecular weight excluding hydrogens is 406 g/mol. The van der Waals surface area contributed by atoms with Gasteiger partial charge < -0.3 is 19.4 Å². The monoisotopic (exact) mass is 437 g/mol. The number of carbonyl (C=O) groups is 2. The zero-order valence-corrected chi connectivity index (χ0v) is 18.7. The number of aryl methyl sites for hydroxylation is 2. The average Bonchev–Trinajstić information content (AvgIpc) is 3.39. The minimum Gasteiger partial charge on any atom is -0.338 e. The summed E-state index contributed by atoms with van der Waals surface area (Å²) in [6.45, 7) is 4.40. The molecule has 4 heterocycles. The number of H-pyrrole nitrogens is 1. The third-order valence-corrected chi connectivity index (χ3v) is 7.45. The molecule has 0 radical (unpaired) electrons. The van der Waals surface area contributed by atoms with E-state index in [1.165, 1.54) is 6.42 Å². The number of aromatic amines is 1. The van der Waals surface area contributed by atoms with E-state index in [0.717, 1.165) is 49.2 Å². The van der Waals surface area contributed by atoms with Crippen LogP contribution < -0.4 is 5.56 Å². The lowest BCUT2D eigenvalue weighted by atomic mass is 9.90. The van der Waals surface area contributed by atoms with E-state index >= 15 is 0 Å². The zero-order chi connectivity index (χ0) is 22.2. The SMILES string of the molecule is CCc1nccn1CCC(=O)N1CCc2c(c[nH]c(=O)c2C(=O)N2C[C@@H]3CCC[C@H]2C3)C1. The van der Waals surface area contributed by atoms with Crippen LogP contribution in [0.5, 0.6) is 0 Å². The number of fused-ring (bicyclic) bond motifs is 3. The number of likely N-dealkylation sites (tertiary alicyclic amines) is 1. The molecule has 1 aliphatic carbocycles. The molecule has 2 amide bonds. The molecule has 2 aromatic heterocycles. The molecule has 0 unspecified atom stereocenters. The van der Waals surface area contributed by atoms with E-state index in [1.54, 1.807) is 12.4 Å². The quantitative estimate of drug-likeness (QED) is 0.776. The lowest BCUT2D eigenvalue weighted by Gasteiger charge is -2.31.